The summed E-state index contributed by atoms with van der Waals surface area (Å²) in [6.07, 6.45) is -4.60. The first-order chi connectivity index (χ1) is 18.4. The van der Waals surface area contributed by atoms with E-state index in [0.717, 1.165) is 40.6 Å². The van der Waals surface area contributed by atoms with Gasteiger partial charge in [0.2, 0.25) is 10.0 Å². The minimum Gasteiger partial charge on any atom is -0.497 e. The van der Waals surface area contributed by atoms with E-state index in [4.69, 9.17) is 21.1 Å². The van der Waals surface area contributed by atoms with Crippen molar-refractivity contribution in [1.29, 1.82) is 0 Å². The molecule has 3 aromatic rings. The SMILES string of the molecule is COC(=O)C1CN(C(=O)c2ccc(C(F)(F)F)cc2)c2cc(Cl)ccc2CN1S(=O)(=O)c1ccc(OC)cc1. The highest BCUT2D eigenvalue weighted by molar-refractivity contribution is 7.89. The zero-order valence-corrected chi connectivity index (χ0v) is 22.2. The molecule has 0 saturated heterocycles. The lowest BCUT2D eigenvalue weighted by atomic mass is 10.1. The number of alkyl halides is 3. The predicted molar refractivity (Wildman–Crippen MR) is 136 cm³/mol. The minimum absolute atomic E-state index is 0.107. The van der Waals surface area contributed by atoms with Crippen LogP contribution in [0.2, 0.25) is 5.02 Å². The van der Waals surface area contributed by atoms with E-state index in [2.05, 4.69) is 0 Å². The van der Waals surface area contributed by atoms with Gasteiger partial charge in [0.05, 0.1) is 36.9 Å². The molecule has 4 rings (SSSR count). The number of esters is 1. The average molecular weight is 583 g/mol. The molecule has 0 N–H and O–H groups in total. The number of ether oxygens (including phenoxy) is 2. The Balaban J connectivity index is 1.82. The van der Waals surface area contributed by atoms with Crippen molar-refractivity contribution in [3.05, 3.63) is 88.4 Å². The van der Waals surface area contributed by atoms with Crippen molar-refractivity contribution >= 4 is 39.2 Å². The molecule has 1 heterocycles. The molecule has 1 aliphatic heterocycles. The number of hydrogen-bond donors (Lipinski definition) is 0. The number of nitrogens with zero attached hydrogens (tertiary/aromatic N) is 2. The average Bonchev–Trinajstić information content (AvgIpc) is 3.09. The third-order valence-electron chi connectivity index (χ3n) is 6.21. The summed E-state index contributed by atoms with van der Waals surface area (Å²) in [6, 6.07) is 12.0. The quantitative estimate of drug-likeness (QED) is 0.403. The van der Waals surface area contributed by atoms with Gasteiger partial charge in [0.15, 0.2) is 0 Å². The molecule has 1 amide bonds. The molecule has 1 unspecified atom stereocenters. The maximum absolute atomic E-state index is 13.8. The molecule has 0 spiro atoms. The second-order valence-electron chi connectivity index (χ2n) is 8.53. The van der Waals surface area contributed by atoms with Crippen molar-refractivity contribution in [2.45, 2.75) is 23.7 Å². The largest absolute Gasteiger partial charge is 0.497 e. The van der Waals surface area contributed by atoms with Gasteiger partial charge in [-0.15, -0.1) is 0 Å². The maximum atomic E-state index is 13.8. The molecule has 0 aliphatic carbocycles. The second kappa shape index (κ2) is 10.9. The van der Waals surface area contributed by atoms with Crippen LogP contribution >= 0.6 is 11.6 Å². The second-order valence-corrected chi connectivity index (χ2v) is 10.9. The first kappa shape index (κ1) is 28.4. The Bertz CT molecular complexity index is 1500. The molecule has 13 heteroatoms. The summed E-state index contributed by atoms with van der Waals surface area (Å²) in [7, 11) is -1.81. The van der Waals surface area contributed by atoms with E-state index in [9.17, 15) is 31.2 Å². The molecule has 0 aromatic heterocycles. The number of halogens is 4. The molecule has 206 valence electrons. The summed E-state index contributed by atoms with van der Waals surface area (Å²) in [5.41, 5.74) is -0.511. The Hall–Kier alpha value is -3.61. The molecule has 1 atom stereocenters. The molecular formula is C26H22ClF3N2O6S. The monoisotopic (exact) mass is 582 g/mol. The van der Waals surface area contributed by atoms with Crippen LogP contribution in [0.4, 0.5) is 18.9 Å². The third-order valence-corrected chi connectivity index (χ3v) is 8.32. The number of methoxy groups -OCH3 is 2. The highest BCUT2D eigenvalue weighted by Gasteiger charge is 2.42. The molecule has 0 radical (unpaired) electrons. The molecule has 0 bridgehead atoms. The normalized spacial score (nSPS) is 16.3. The summed E-state index contributed by atoms with van der Waals surface area (Å²) in [5, 5.41) is 0.222. The summed E-state index contributed by atoms with van der Waals surface area (Å²) in [6.45, 7) is -0.813. The van der Waals surface area contributed by atoms with Gasteiger partial charge in [-0.1, -0.05) is 17.7 Å². The van der Waals surface area contributed by atoms with E-state index < -0.39 is 46.2 Å². The summed E-state index contributed by atoms with van der Waals surface area (Å²) >= 11 is 6.20. The van der Waals surface area contributed by atoms with Crippen LogP contribution in [-0.4, -0.2) is 51.4 Å². The zero-order valence-electron chi connectivity index (χ0n) is 20.6. The van der Waals surface area contributed by atoms with E-state index in [0.29, 0.717) is 11.3 Å². The minimum atomic E-state index is -4.60. The van der Waals surface area contributed by atoms with Crippen molar-refractivity contribution < 1.29 is 40.7 Å². The molecule has 0 saturated carbocycles. The van der Waals surface area contributed by atoms with Crippen molar-refractivity contribution in [3.63, 3.8) is 0 Å². The van der Waals surface area contributed by atoms with Gasteiger partial charge in [0.1, 0.15) is 11.8 Å². The van der Waals surface area contributed by atoms with Crippen LogP contribution in [0, 0.1) is 0 Å². The number of fused-ring (bicyclic) bond motifs is 1. The Labute approximate surface area is 227 Å². The molecular weight excluding hydrogens is 561 g/mol. The highest BCUT2D eigenvalue weighted by atomic mass is 35.5. The van der Waals surface area contributed by atoms with Gasteiger partial charge in [-0.2, -0.15) is 17.5 Å². The maximum Gasteiger partial charge on any atom is 0.416 e. The van der Waals surface area contributed by atoms with E-state index in [1.165, 1.54) is 49.6 Å². The van der Waals surface area contributed by atoms with Crippen molar-refractivity contribution in [2.24, 2.45) is 0 Å². The van der Waals surface area contributed by atoms with Gasteiger partial charge in [0, 0.05) is 17.1 Å². The number of carbonyl (C=O) groups excluding carboxylic acids is 2. The first-order valence-electron chi connectivity index (χ1n) is 11.4. The number of benzene rings is 3. The molecule has 1 aliphatic rings. The fourth-order valence-corrected chi connectivity index (χ4v) is 5.89. The predicted octanol–water partition coefficient (Wildman–Crippen LogP) is 4.76. The number of amides is 1. The van der Waals surface area contributed by atoms with Crippen LogP contribution in [-0.2, 0) is 32.3 Å². The summed E-state index contributed by atoms with van der Waals surface area (Å²) in [5.74, 6) is -1.27. The van der Waals surface area contributed by atoms with Crippen molar-refractivity contribution in [1.82, 2.24) is 4.31 Å². The number of carbonyl (C=O) groups is 2. The topological polar surface area (TPSA) is 93.2 Å². The van der Waals surface area contributed by atoms with E-state index in [-0.39, 0.29) is 27.7 Å². The lowest BCUT2D eigenvalue weighted by Crippen LogP contribution is -2.50. The van der Waals surface area contributed by atoms with E-state index >= 15 is 0 Å². The van der Waals surface area contributed by atoms with Gasteiger partial charge >= 0.3 is 12.1 Å². The standard InChI is InChI=1S/C26H22ClF3N2O6S/c1-37-20-9-11-21(12-10-20)39(35,36)32-14-17-5-8-19(27)13-22(17)31(15-23(32)25(34)38-2)24(33)16-3-6-18(7-4-16)26(28,29)30/h3-13,23H,14-15H2,1-2H3. The van der Waals surface area contributed by atoms with Crippen LogP contribution < -0.4 is 9.64 Å². The lowest BCUT2D eigenvalue weighted by Gasteiger charge is -2.29. The van der Waals surface area contributed by atoms with Crippen LogP contribution in [0.25, 0.3) is 0 Å². The zero-order chi connectivity index (χ0) is 28.5. The molecule has 8 nitrogen and oxygen atoms in total. The number of rotatable bonds is 5. The number of hydrogen-bond acceptors (Lipinski definition) is 6. The fraction of sp³-hybridized carbons (Fsp3) is 0.231. The van der Waals surface area contributed by atoms with E-state index in [1.807, 2.05) is 0 Å². The highest BCUT2D eigenvalue weighted by Crippen LogP contribution is 2.35. The van der Waals surface area contributed by atoms with Crippen LogP contribution in [0.15, 0.2) is 71.6 Å². The number of sulfonamides is 1. The molecule has 3 aromatic carbocycles. The Kier molecular flexibility index (Phi) is 7.92. The molecule has 0 fully saturated rings. The van der Waals surface area contributed by atoms with Gasteiger partial charge in [-0.3, -0.25) is 9.59 Å². The Morgan fingerprint density at radius 3 is 2.18 bits per heavy atom. The van der Waals surface area contributed by atoms with Crippen molar-refractivity contribution in [2.75, 3.05) is 25.7 Å². The first-order valence-corrected chi connectivity index (χ1v) is 13.2. The van der Waals surface area contributed by atoms with E-state index in [1.54, 1.807) is 0 Å². The summed E-state index contributed by atoms with van der Waals surface area (Å²) in [4.78, 5) is 27.5. The third kappa shape index (κ3) is 5.72. The van der Waals surface area contributed by atoms with Crippen LogP contribution in [0.3, 0.4) is 0 Å². The fourth-order valence-electron chi connectivity index (χ4n) is 4.18. The Morgan fingerprint density at radius 1 is 0.974 bits per heavy atom. The van der Waals surface area contributed by atoms with Crippen molar-refractivity contribution in [3.8, 4) is 5.75 Å². The van der Waals surface area contributed by atoms with Crippen LogP contribution in [0.5, 0.6) is 5.75 Å². The Morgan fingerprint density at radius 2 is 1.62 bits per heavy atom. The van der Waals surface area contributed by atoms with Gasteiger partial charge in [-0.05, 0) is 66.2 Å². The van der Waals surface area contributed by atoms with Gasteiger partial charge < -0.3 is 14.4 Å². The summed E-state index contributed by atoms with van der Waals surface area (Å²) < 4.78 is 77.6. The van der Waals surface area contributed by atoms with Gasteiger partial charge in [0.25, 0.3) is 5.91 Å². The van der Waals surface area contributed by atoms with Crippen LogP contribution in [0.1, 0.15) is 21.5 Å². The number of anilines is 1. The lowest BCUT2D eigenvalue weighted by molar-refractivity contribution is -0.145. The molecule has 39 heavy (non-hydrogen) atoms. The van der Waals surface area contributed by atoms with Gasteiger partial charge in [-0.25, -0.2) is 8.42 Å². The smallest absolute Gasteiger partial charge is 0.416 e.